The zero-order valence-corrected chi connectivity index (χ0v) is 8.23. The average molecular weight is 185 g/mol. The van der Waals surface area contributed by atoms with E-state index in [9.17, 15) is 0 Å². The van der Waals surface area contributed by atoms with Gasteiger partial charge >= 0.3 is 0 Å². The lowest BCUT2D eigenvalue weighted by Crippen LogP contribution is -1.93. The third kappa shape index (κ3) is 1.37. The number of fused-ring (bicyclic) bond motifs is 1. The Kier molecular flexibility index (Phi) is 2.23. The SMILES string of the molecule is C/N=C\c1c(C)ccc2nccnc12. The molecule has 14 heavy (non-hydrogen) atoms. The molecule has 0 aliphatic heterocycles. The summed E-state index contributed by atoms with van der Waals surface area (Å²) in [6, 6.07) is 4.01. The summed E-state index contributed by atoms with van der Waals surface area (Å²) in [5, 5.41) is 0. The van der Waals surface area contributed by atoms with Crippen LogP contribution in [-0.2, 0) is 0 Å². The average Bonchev–Trinajstić information content (AvgIpc) is 2.23. The molecule has 0 saturated heterocycles. The van der Waals surface area contributed by atoms with E-state index in [1.165, 1.54) is 5.56 Å². The number of aryl methyl sites for hydroxylation is 1. The molecule has 0 fully saturated rings. The van der Waals surface area contributed by atoms with E-state index in [1.807, 2.05) is 25.3 Å². The van der Waals surface area contributed by atoms with Gasteiger partial charge in [-0.05, 0) is 18.6 Å². The first-order valence-corrected chi connectivity index (χ1v) is 4.45. The molecule has 0 saturated carbocycles. The fourth-order valence-corrected chi connectivity index (χ4v) is 1.45. The van der Waals surface area contributed by atoms with Crippen LogP contribution in [0.3, 0.4) is 0 Å². The van der Waals surface area contributed by atoms with Crippen molar-refractivity contribution in [3.63, 3.8) is 0 Å². The van der Waals surface area contributed by atoms with Crippen LogP contribution in [0.4, 0.5) is 0 Å². The highest BCUT2D eigenvalue weighted by Crippen LogP contribution is 2.16. The third-order valence-corrected chi connectivity index (χ3v) is 2.16. The molecular formula is C11H11N3. The summed E-state index contributed by atoms with van der Waals surface area (Å²) in [7, 11) is 1.76. The Morgan fingerprint density at radius 1 is 1.21 bits per heavy atom. The molecule has 3 nitrogen and oxygen atoms in total. The third-order valence-electron chi connectivity index (χ3n) is 2.16. The van der Waals surface area contributed by atoms with Crippen LogP contribution in [0.1, 0.15) is 11.1 Å². The van der Waals surface area contributed by atoms with E-state index < -0.39 is 0 Å². The van der Waals surface area contributed by atoms with Crippen LogP contribution < -0.4 is 0 Å². The van der Waals surface area contributed by atoms with Crippen molar-refractivity contribution in [2.75, 3.05) is 7.05 Å². The first-order chi connectivity index (χ1) is 6.83. The van der Waals surface area contributed by atoms with Crippen molar-refractivity contribution in [1.29, 1.82) is 0 Å². The largest absolute Gasteiger partial charge is 0.296 e. The molecule has 0 aliphatic carbocycles. The quantitative estimate of drug-likeness (QED) is 0.637. The second kappa shape index (κ2) is 3.54. The van der Waals surface area contributed by atoms with E-state index in [2.05, 4.69) is 15.0 Å². The van der Waals surface area contributed by atoms with E-state index in [0.29, 0.717) is 0 Å². The molecule has 70 valence electrons. The maximum atomic E-state index is 4.31. The number of hydrogen-bond acceptors (Lipinski definition) is 3. The van der Waals surface area contributed by atoms with Crippen LogP contribution in [0.25, 0.3) is 11.0 Å². The molecule has 0 radical (unpaired) electrons. The fraction of sp³-hybridized carbons (Fsp3) is 0.182. The highest BCUT2D eigenvalue weighted by atomic mass is 14.8. The van der Waals surface area contributed by atoms with Gasteiger partial charge in [-0.15, -0.1) is 0 Å². The Bertz CT molecular complexity index is 489. The second-order valence-electron chi connectivity index (χ2n) is 3.11. The molecule has 0 aliphatic rings. The fourth-order valence-electron chi connectivity index (χ4n) is 1.45. The van der Waals surface area contributed by atoms with Gasteiger partial charge in [0.25, 0.3) is 0 Å². The van der Waals surface area contributed by atoms with Gasteiger partial charge in [-0.1, -0.05) is 6.07 Å². The van der Waals surface area contributed by atoms with Gasteiger partial charge in [0, 0.05) is 31.2 Å². The smallest absolute Gasteiger partial charge is 0.0976 e. The number of rotatable bonds is 1. The molecule has 2 rings (SSSR count). The topological polar surface area (TPSA) is 38.1 Å². The minimum absolute atomic E-state index is 0.910. The molecule has 1 heterocycles. The first kappa shape index (κ1) is 8.81. The molecule has 0 unspecified atom stereocenters. The summed E-state index contributed by atoms with van der Waals surface area (Å²) >= 11 is 0. The molecule has 0 bridgehead atoms. The van der Waals surface area contributed by atoms with Crippen LogP contribution in [0, 0.1) is 6.92 Å². The molecule has 0 N–H and O–H groups in total. The van der Waals surface area contributed by atoms with Crippen molar-refractivity contribution in [3.8, 4) is 0 Å². The van der Waals surface area contributed by atoms with Crippen molar-refractivity contribution in [3.05, 3.63) is 35.7 Å². The van der Waals surface area contributed by atoms with E-state index in [-0.39, 0.29) is 0 Å². The minimum Gasteiger partial charge on any atom is -0.296 e. The van der Waals surface area contributed by atoms with Gasteiger partial charge < -0.3 is 0 Å². The molecule has 0 atom stereocenters. The lowest BCUT2D eigenvalue weighted by Gasteiger charge is -2.03. The Hall–Kier alpha value is -1.77. The summed E-state index contributed by atoms with van der Waals surface area (Å²) in [5.74, 6) is 0. The Morgan fingerprint density at radius 3 is 2.79 bits per heavy atom. The lowest BCUT2D eigenvalue weighted by molar-refractivity contribution is 1.28. The van der Waals surface area contributed by atoms with Crippen LogP contribution in [0.15, 0.2) is 29.5 Å². The molecule has 3 heteroatoms. The minimum atomic E-state index is 0.910. The number of aromatic nitrogens is 2. The van der Waals surface area contributed by atoms with Crippen molar-refractivity contribution in [2.45, 2.75) is 6.92 Å². The van der Waals surface area contributed by atoms with Crippen molar-refractivity contribution < 1.29 is 0 Å². The summed E-state index contributed by atoms with van der Waals surface area (Å²) in [5.41, 5.74) is 4.05. The van der Waals surface area contributed by atoms with Gasteiger partial charge in [-0.25, -0.2) is 0 Å². The van der Waals surface area contributed by atoms with E-state index in [0.717, 1.165) is 16.6 Å². The highest BCUT2D eigenvalue weighted by Gasteiger charge is 2.03. The molecule has 0 amide bonds. The van der Waals surface area contributed by atoms with Crippen molar-refractivity contribution in [2.24, 2.45) is 4.99 Å². The second-order valence-corrected chi connectivity index (χ2v) is 3.11. The van der Waals surface area contributed by atoms with Gasteiger partial charge in [-0.3, -0.25) is 15.0 Å². The highest BCUT2D eigenvalue weighted by molar-refractivity contribution is 5.97. The maximum Gasteiger partial charge on any atom is 0.0976 e. The normalized spacial score (nSPS) is 11.3. The van der Waals surface area contributed by atoms with E-state index >= 15 is 0 Å². The monoisotopic (exact) mass is 185 g/mol. The zero-order chi connectivity index (χ0) is 9.97. The molecule has 0 spiro atoms. The van der Waals surface area contributed by atoms with Crippen LogP contribution in [-0.4, -0.2) is 23.2 Å². The van der Waals surface area contributed by atoms with Gasteiger partial charge in [0.05, 0.1) is 11.0 Å². The molecular weight excluding hydrogens is 174 g/mol. The first-order valence-electron chi connectivity index (χ1n) is 4.45. The lowest BCUT2D eigenvalue weighted by atomic mass is 10.1. The number of benzene rings is 1. The molecule has 2 aromatic rings. The van der Waals surface area contributed by atoms with E-state index in [1.54, 1.807) is 19.4 Å². The predicted molar refractivity (Wildman–Crippen MR) is 57.8 cm³/mol. The number of hydrogen-bond donors (Lipinski definition) is 0. The van der Waals surface area contributed by atoms with Gasteiger partial charge in [0.1, 0.15) is 0 Å². The summed E-state index contributed by atoms with van der Waals surface area (Å²) < 4.78 is 0. The zero-order valence-electron chi connectivity index (χ0n) is 8.23. The Morgan fingerprint density at radius 2 is 2.00 bits per heavy atom. The predicted octanol–water partition coefficient (Wildman–Crippen LogP) is 1.99. The Balaban J connectivity index is 2.82. The summed E-state index contributed by atoms with van der Waals surface area (Å²) in [6.07, 6.45) is 5.23. The summed E-state index contributed by atoms with van der Waals surface area (Å²) in [6.45, 7) is 2.05. The van der Waals surface area contributed by atoms with Gasteiger partial charge in [-0.2, -0.15) is 0 Å². The standard InChI is InChI=1S/C11H11N3/c1-8-3-4-10-11(9(8)7-12-2)14-6-5-13-10/h3-7H,1-2H3/b12-7-. The molecule has 1 aromatic heterocycles. The van der Waals surface area contributed by atoms with E-state index in [4.69, 9.17) is 0 Å². The van der Waals surface area contributed by atoms with Crippen LogP contribution in [0.2, 0.25) is 0 Å². The van der Waals surface area contributed by atoms with Gasteiger partial charge in [0.15, 0.2) is 0 Å². The number of nitrogens with zero attached hydrogens (tertiary/aromatic N) is 3. The summed E-state index contributed by atoms with van der Waals surface area (Å²) in [4.78, 5) is 12.6. The van der Waals surface area contributed by atoms with Gasteiger partial charge in [0.2, 0.25) is 0 Å². The Labute approximate surface area is 82.5 Å². The number of aliphatic imine (C=N–C) groups is 1. The van der Waals surface area contributed by atoms with Crippen LogP contribution in [0.5, 0.6) is 0 Å². The molecule has 1 aromatic carbocycles. The van der Waals surface area contributed by atoms with Crippen molar-refractivity contribution >= 4 is 17.2 Å². The van der Waals surface area contributed by atoms with Crippen LogP contribution >= 0.6 is 0 Å². The van der Waals surface area contributed by atoms with Crippen molar-refractivity contribution in [1.82, 2.24) is 9.97 Å². The maximum absolute atomic E-state index is 4.31.